The third kappa shape index (κ3) is 7.69. The van der Waals surface area contributed by atoms with Gasteiger partial charge in [0, 0.05) is 42.8 Å². The minimum Gasteiger partial charge on any atom is -0.357 e. The fraction of sp³-hybridized carbons (Fsp3) is 0.389. The van der Waals surface area contributed by atoms with E-state index in [1.807, 2.05) is 6.92 Å². The van der Waals surface area contributed by atoms with Crippen molar-refractivity contribution in [2.75, 3.05) is 26.2 Å². The number of nitrogens with one attached hydrogen (secondary N) is 3. The molecule has 1 atom stereocenters. The van der Waals surface area contributed by atoms with E-state index in [9.17, 15) is 4.79 Å². The van der Waals surface area contributed by atoms with Gasteiger partial charge in [-0.05, 0) is 30.5 Å². The van der Waals surface area contributed by atoms with Crippen molar-refractivity contribution < 1.29 is 4.79 Å². The van der Waals surface area contributed by atoms with Gasteiger partial charge < -0.3 is 16.0 Å². The highest BCUT2D eigenvalue weighted by molar-refractivity contribution is 14.0. The number of amides is 1. The summed E-state index contributed by atoms with van der Waals surface area (Å²) in [6.07, 6.45) is 3.20. The van der Waals surface area contributed by atoms with E-state index >= 15 is 0 Å². The van der Waals surface area contributed by atoms with E-state index in [1.165, 1.54) is 4.88 Å². The molecule has 0 spiro atoms. The first-order valence-corrected chi connectivity index (χ1v) is 9.32. The summed E-state index contributed by atoms with van der Waals surface area (Å²) in [4.78, 5) is 21.8. The molecule has 0 aliphatic heterocycles. The number of pyridine rings is 1. The predicted molar refractivity (Wildman–Crippen MR) is 119 cm³/mol. The van der Waals surface area contributed by atoms with Crippen LogP contribution in [0.2, 0.25) is 0 Å². The number of carbonyl (C=O) groups is 1. The molecule has 0 saturated heterocycles. The minimum absolute atomic E-state index is 0. The van der Waals surface area contributed by atoms with Crippen LogP contribution in [0.4, 0.5) is 0 Å². The van der Waals surface area contributed by atoms with E-state index in [-0.39, 0.29) is 29.9 Å². The lowest BCUT2D eigenvalue weighted by atomic mass is 10.1. The van der Waals surface area contributed by atoms with Crippen molar-refractivity contribution in [3.63, 3.8) is 0 Å². The maximum absolute atomic E-state index is 11.9. The summed E-state index contributed by atoms with van der Waals surface area (Å²) in [6, 6.07) is 7.69. The van der Waals surface area contributed by atoms with Crippen LogP contribution in [0, 0.1) is 0 Å². The van der Waals surface area contributed by atoms with Gasteiger partial charge >= 0.3 is 0 Å². The Hall–Kier alpha value is -1.68. The number of carbonyl (C=O) groups excluding carboxylic acids is 1. The standard InChI is InChI=1S/C18H25N5OS.HI/c1-3-20-18(23-12-14(2)16-7-5-11-25-16)22-10-9-21-17(24)15-6-4-8-19-13-15;/h4-8,11,13-14H,3,9-10,12H2,1-2H3,(H,21,24)(H2,20,22,23);1H. The molecule has 0 saturated carbocycles. The van der Waals surface area contributed by atoms with E-state index < -0.39 is 0 Å². The Labute approximate surface area is 175 Å². The van der Waals surface area contributed by atoms with Gasteiger partial charge in [0.2, 0.25) is 0 Å². The Balaban J connectivity index is 0.00000338. The number of guanidine groups is 1. The van der Waals surface area contributed by atoms with Gasteiger partial charge in [-0.3, -0.25) is 14.8 Å². The first-order valence-electron chi connectivity index (χ1n) is 8.44. The fourth-order valence-electron chi connectivity index (χ4n) is 2.19. The third-order valence-corrected chi connectivity index (χ3v) is 4.63. The SMILES string of the molecule is CCNC(=NCC(C)c1cccs1)NCCNC(=O)c1cccnc1.I. The number of aromatic nitrogens is 1. The molecule has 142 valence electrons. The lowest BCUT2D eigenvalue weighted by Crippen LogP contribution is -2.41. The third-order valence-electron chi connectivity index (χ3n) is 3.52. The lowest BCUT2D eigenvalue weighted by molar-refractivity contribution is 0.0954. The van der Waals surface area contributed by atoms with Crippen molar-refractivity contribution in [3.05, 3.63) is 52.5 Å². The van der Waals surface area contributed by atoms with Crippen molar-refractivity contribution in [3.8, 4) is 0 Å². The summed E-state index contributed by atoms with van der Waals surface area (Å²) in [7, 11) is 0. The van der Waals surface area contributed by atoms with Crippen molar-refractivity contribution in [1.82, 2.24) is 20.9 Å². The second-order valence-electron chi connectivity index (χ2n) is 5.56. The van der Waals surface area contributed by atoms with Gasteiger partial charge in [-0.2, -0.15) is 0 Å². The number of hydrogen-bond donors (Lipinski definition) is 3. The van der Waals surface area contributed by atoms with Gasteiger partial charge in [0.15, 0.2) is 5.96 Å². The molecule has 6 nitrogen and oxygen atoms in total. The molecular formula is C18H26IN5OS. The first kappa shape index (κ1) is 22.4. The maximum Gasteiger partial charge on any atom is 0.252 e. The largest absolute Gasteiger partial charge is 0.357 e. The highest BCUT2D eigenvalue weighted by Crippen LogP contribution is 2.20. The van der Waals surface area contributed by atoms with E-state index in [1.54, 1.807) is 35.9 Å². The van der Waals surface area contributed by atoms with Gasteiger partial charge in [0.25, 0.3) is 5.91 Å². The molecule has 0 fully saturated rings. The summed E-state index contributed by atoms with van der Waals surface area (Å²) in [5.74, 6) is 1.03. The molecule has 0 radical (unpaired) electrons. The minimum atomic E-state index is -0.122. The summed E-state index contributed by atoms with van der Waals surface area (Å²) in [5, 5.41) is 11.4. The van der Waals surface area contributed by atoms with Crippen molar-refractivity contribution in [2.45, 2.75) is 19.8 Å². The second kappa shape index (κ2) is 12.6. The van der Waals surface area contributed by atoms with E-state index in [4.69, 9.17) is 0 Å². The Bertz CT molecular complexity index is 663. The zero-order valence-corrected chi connectivity index (χ0v) is 18.2. The fourth-order valence-corrected chi connectivity index (χ4v) is 2.97. The zero-order chi connectivity index (χ0) is 17.9. The number of halogens is 1. The average molecular weight is 487 g/mol. The quantitative estimate of drug-likeness (QED) is 0.232. The van der Waals surface area contributed by atoms with Crippen LogP contribution in [0.15, 0.2) is 47.0 Å². The Morgan fingerprint density at radius 1 is 1.23 bits per heavy atom. The Morgan fingerprint density at radius 3 is 2.69 bits per heavy atom. The molecule has 0 aromatic carbocycles. The molecule has 2 aromatic heterocycles. The van der Waals surface area contributed by atoms with Crippen LogP contribution in [0.3, 0.4) is 0 Å². The van der Waals surface area contributed by atoms with Crippen LogP contribution in [0.1, 0.15) is 35.0 Å². The van der Waals surface area contributed by atoms with Crippen LogP contribution >= 0.6 is 35.3 Å². The summed E-state index contributed by atoms with van der Waals surface area (Å²) < 4.78 is 0. The maximum atomic E-state index is 11.9. The smallest absolute Gasteiger partial charge is 0.252 e. The van der Waals surface area contributed by atoms with E-state index in [0.717, 1.165) is 19.0 Å². The highest BCUT2D eigenvalue weighted by atomic mass is 127. The number of nitrogens with zero attached hydrogens (tertiary/aromatic N) is 2. The number of aliphatic imine (C=N–C) groups is 1. The van der Waals surface area contributed by atoms with Gasteiger partial charge in [0.05, 0.1) is 12.1 Å². The molecular weight excluding hydrogens is 461 g/mol. The normalized spacial score (nSPS) is 12.0. The highest BCUT2D eigenvalue weighted by Gasteiger charge is 2.07. The molecule has 3 N–H and O–H groups in total. The molecule has 0 aliphatic rings. The Morgan fingerprint density at radius 2 is 2.04 bits per heavy atom. The number of thiophene rings is 1. The zero-order valence-electron chi connectivity index (χ0n) is 15.1. The molecule has 0 aliphatic carbocycles. The Kier molecular flexibility index (Phi) is 10.9. The predicted octanol–water partition coefficient (Wildman–Crippen LogP) is 2.85. The summed E-state index contributed by atoms with van der Waals surface area (Å²) in [5.41, 5.74) is 0.563. The van der Waals surface area contributed by atoms with Gasteiger partial charge in [-0.25, -0.2) is 0 Å². The van der Waals surface area contributed by atoms with Crippen LogP contribution < -0.4 is 16.0 Å². The van der Waals surface area contributed by atoms with Crippen molar-refractivity contribution >= 4 is 47.2 Å². The topological polar surface area (TPSA) is 78.4 Å². The second-order valence-corrected chi connectivity index (χ2v) is 6.54. The van der Waals surface area contributed by atoms with Crippen LogP contribution in [-0.2, 0) is 0 Å². The average Bonchev–Trinajstić information content (AvgIpc) is 3.18. The molecule has 0 bridgehead atoms. The van der Waals surface area contributed by atoms with E-state index in [0.29, 0.717) is 24.6 Å². The lowest BCUT2D eigenvalue weighted by Gasteiger charge is -2.13. The molecule has 8 heteroatoms. The molecule has 26 heavy (non-hydrogen) atoms. The van der Waals surface area contributed by atoms with E-state index in [2.05, 4.69) is 50.4 Å². The summed E-state index contributed by atoms with van der Waals surface area (Å²) in [6.45, 7) is 6.83. The molecule has 2 rings (SSSR count). The molecule has 2 aromatic rings. The molecule has 1 amide bonds. The van der Waals surface area contributed by atoms with Gasteiger partial charge in [-0.15, -0.1) is 35.3 Å². The van der Waals surface area contributed by atoms with Crippen molar-refractivity contribution in [2.24, 2.45) is 4.99 Å². The van der Waals surface area contributed by atoms with Gasteiger partial charge in [-0.1, -0.05) is 13.0 Å². The van der Waals surface area contributed by atoms with Crippen molar-refractivity contribution in [1.29, 1.82) is 0 Å². The monoisotopic (exact) mass is 487 g/mol. The first-order chi connectivity index (χ1) is 12.2. The van der Waals surface area contributed by atoms with Crippen LogP contribution in [0.25, 0.3) is 0 Å². The number of rotatable bonds is 8. The summed E-state index contributed by atoms with van der Waals surface area (Å²) >= 11 is 1.76. The number of hydrogen-bond acceptors (Lipinski definition) is 4. The van der Waals surface area contributed by atoms with Crippen LogP contribution in [0.5, 0.6) is 0 Å². The van der Waals surface area contributed by atoms with Crippen LogP contribution in [-0.4, -0.2) is 43.0 Å². The molecule has 2 heterocycles. The molecule has 1 unspecified atom stereocenters. The van der Waals surface area contributed by atoms with Gasteiger partial charge in [0.1, 0.15) is 0 Å².